The van der Waals surface area contributed by atoms with Crippen molar-refractivity contribution in [2.75, 3.05) is 31.6 Å². The summed E-state index contributed by atoms with van der Waals surface area (Å²) in [5.74, 6) is 1.95. The minimum Gasteiger partial charge on any atom is -0.375 e. The molecule has 1 aromatic heterocycles. The molecule has 1 unspecified atom stereocenters. The number of rotatable bonds is 2. The number of nitrogens with zero attached hydrogens (tertiary/aromatic N) is 4. The summed E-state index contributed by atoms with van der Waals surface area (Å²) in [6.07, 6.45) is 5.67. The number of hydrogen-bond acceptors (Lipinski definition) is 5. The van der Waals surface area contributed by atoms with Gasteiger partial charge in [-0.15, -0.1) is 0 Å². The Kier molecular flexibility index (Phi) is 4.53. The van der Waals surface area contributed by atoms with Gasteiger partial charge in [-0.2, -0.15) is 0 Å². The van der Waals surface area contributed by atoms with Gasteiger partial charge in [-0.05, 0) is 38.7 Å². The Bertz CT molecular complexity index is 569. The van der Waals surface area contributed by atoms with E-state index in [9.17, 15) is 4.79 Å². The van der Waals surface area contributed by atoms with Crippen molar-refractivity contribution < 1.29 is 9.53 Å². The molecule has 0 saturated carbocycles. The highest BCUT2D eigenvalue weighted by atomic mass is 16.5. The van der Waals surface area contributed by atoms with Crippen molar-refractivity contribution >= 4 is 11.7 Å². The summed E-state index contributed by atoms with van der Waals surface area (Å²) in [6.45, 7) is 6.18. The average Bonchev–Trinajstić information content (AvgIpc) is 2.55. The van der Waals surface area contributed by atoms with Gasteiger partial charge < -0.3 is 14.5 Å². The summed E-state index contributed by atoms with van der Waals surface area (Å²) >= 11 is 0. The zero-order chi connectivity index (χ0) is 16.4. The largest absolute Gasteiger partial charge is 0.375 e. The van der Waals surface area contributed by atoms with Crippen LogP contribution >= 0.6 is 0 Å². The molecule has 0 bridgehead atoms. The number of aromatic nitrogens is 2. The van der Waals surface area contributed by atoms with Gasteiger partial charge in [-0.3, -0.25) is 4.79 Å². The number of hydrogen-bond donors (Lipinski definition) is 0. The molecule has 2 aliphatic heterocycles. The number of amides is 1. The zero-order valence-electron chi connectivity index (χ0n) is 14.3. The third-order valence-corrected chi connectivity index (χ3v) is 5.27. The van der Waals surface area contributed by atoms with Gasteiger partial charge in [0.15, 0.2) is 0 Å². The van der Waals surface area contributed by atoms with Crippen LogP contribution in [0, 0.1) is 6.92 Å². The number of aryl methyl sites for hydroxylation is 1. The maximum Gasteiger partial charge on any atom is 0.219 e. The Balaban J connectivity index is 1.64. The Morgan fingerprint density at radius 1 is 1.43 bits per heavy atom. The van der Waals surface area contributed by atoms with Gasteiger partial charge in [0.1, 0.15) is 11.6 Å². The van der Waals surface area contributed by atoms with E-state index >= 15 is 0 Å². The summed E-state index contributed by atoms with van der Waals surface area (Å²) in [5, 5.41) is 0. The standard InChI is InChI=1S/C17H26N4O2/c1-13-18-8-4-16(19-13)21-9-6-17(7-10-21)12-15(5-11-23-17)20(3)14(2)22/h4,8,15H,5-7,9-12H2,1-3H3. The molecule has 0 radical (unpaired) electrons. The molecule has 0 aliphatic carbocycles. The van der Waals surface area contributed by atoms with Crippen LogP contribution in [0.15, 0.2) is 12.3 Å². The van der Waals surface area contributed by atoms with Crippen molar-refractivity contribution in [1.82, 2.24) is 14.9 Å². The number of carbonyl (C=O) groups is 1. The molecular weight excluding hydrogens is 292 g/mol. The average molecular weight is 318 g/mol. The molecular formula is C17H26N4O2. The first-order chi connectivity index (χ1) is 11.0. The van der Waals surface area contributed by atoms with Crippen LogP contribution in [0.1, 0.15) is 38.4 Å². The van der Waals surface area contributed by atoms with Crippen molar-refractivity contribution in [3.8, 4) is 0 Å². The van der Waals surface area contributed by atoms with E-state index in [1.807, 2.05) is 31.1 Å². The van der Waals surface area contributed by atoms with E-state index in [0.29, 0.717) is 6.04 Å². The van der Waals surface area contributed by atoms with Gasteiger partial charge >= 0.3 is 0 Å². The molecule has 2 aliphatic rings. The zero-order valence-corrected chi connectivity index (χ0v) is 14.3. The molecule has 6 nitrogen and oxygen atoms in total. The SMILES string of the molecule is CC(=O)N(C)C1CCOC2(CCN(c3ccnc(C)n3)CC2)C1. The first-order valence-electron chi connectivity index (χ1n) is 8.41. The van der Waals surface area contributed by atoms with Gasteiger partial charge in [0.25, 0.3) is 0 Å². The van der Waals surface area contributed by atoms with E-state index in [4.69, 9.17) is 4.74 Å². The lowest BCUT2D eigenvalue weighted by molar-refractivity contribution is -0.141. The van der Waals surface area contributed by atoms with E-state index in [0.717, 1.165) is 57.0 Å². The molecule has 2 fully saturated rings. The van der Waals surface area contributed by atoms with Crippen LogP contribution in [-0.4, -0.2) is 59.2 Å². The Labute approximate surface area is 137 Å². The van der Waals surface area contributed by atoms with Crippen molar-refractivity contribution in [2.45, 2.75) is 51.2 Å². The lowest BCUT2D eigenvalue weighted by atomic mass is 9.82. The number of anilines is 1. The van der Waals surface area contributed by atoms with E-state index in [2.05, 4.69) is 14.9 Å². The molecule has 23 heavy (non-hydrogen) atoms. The first-order valence-corrected chi connectivity index (χ1v) is 8.41. The second-order valence-electron chi connectivity index (χ2n) is 6.76. The van der Waals surface area contributed by atoms with Gasteiger partial charge in [0.05, 0.1) is 5.60 Å². The van der Waals surface area contributed by atoms with Gasteiger partial charge in [0, 0.05) is 45.9 Å². The maximum absolute atomic E-state index is 11.6. The van der Waals surface area contributed by atoms with Crippen molar-refractivity contribution in [3.63, 3.8) is 0 Å². The third-order valence-electron chi connectivity index (χ3n) is 5.27. The van der Waals surface area contributed by atoms with E-state index < -0.39 is 0 Å². The quantitative estimate of drug-likeness (QED) is 0.832. The first kappa shape index (κ1) is 16.2. The fourth-order valence-electron chi connectivity index (χ4n) is 3.70. The number of ether oxygens (including phenoxy) is 1. The topological polar surface area (TPSA) is 58.6 Å². The van der Waals surface area contributed by atoms with Crippen LogP contribution in [-0.2, 0) is 9.53 Å². The minimum atomic E-state index is -0.0782. The fourth-order valence-corrected chi connectivity index (χ4v) is 3.70. The maximum atomic E-state index is 11.6. The molecule has 1 amide bonds. The lowest BCUT2D eigenvalue weighted by Gasteiger charge is -2.48. The van der Waals surface area contributed by atoms with E-state index in [1.165, 1.54) is 0 Å². The van der Waals surface area contributed by atoms with Crippen LogP contribution in [0.4, 0.5) is 5.82 Å². The van der Waals surface area contributed by atoms with Crippen molar-refractivity contribution in [1.29, 1.82) is 0 Å². The van der Waals surface area contributed by atoms with Gasteiger partial charge in [-0.1, -0.05) is 0 Å². The monoisotopic (exact) mass is 318 g/mol. The van der Waals surface area contributed by atoms with Crippen molar-refractivity contribution in [3.05, 3.63) is 18.1 Å². The highest BCUT2D eigenvalue weighted by Crippen LogP contribution is 2.37. The lowest BCUT2D eigenvalue weighted by Crippen LogP contribution is -2.54. The molecule has 126 valence electrons. The normalized spacial score (nSPS) is 23.8. The smallest absolute Gasteiger partial charge is 0.219 e. The molecule has 1 atom stereocenters. The van der Waals surface area contributed by atoms with Crippen molar-refractivity contribution in [2.24, 2.45) is 0 Å². The number of carbonyl (C=O) groups excluding carboxylic acids is 1. The molecule has 1 aromatic rings. The minimum absolute atomic E-state index is 0.0782. The second kappa shape index (κ2) is 6.43. The predicted molar refractivity (Wildman–Crippen MR) is 88.4 cm³/mol. The molecule has 0 aromatic carbocycles. The molecule has 2 saturated heterocycles. The van der Waals surface area contributed by atoms with Gasteiger partial charge in [-0.25, -0.2) is 9.97 Å². The second-order valence-corrected chi connectivity index (χ2v) is 6.76. The summed E-state index contributed by atoms with van der Waals surface area (Å²) in [6, 6.07) is 2.27. The summed E-state index contributed by atoms with van der Waals surface area (Å²) in [4.78, 5) is 24.5. The predicted octanol–water partition coefficient (Wildman–Crippen LogP) is 1.78. The van der Waals surface area contributed by atoms with Crippen LogP contribution in [0.25, 0.3) is 0 Å². The van der Waals surface area contributed by atoms with Crippen LogP contribution < -0.4 is 4.90 Å². The summed E-state index contributed by atoms with van der Waals surface area (Å²) < 4.78 is 6.18. The Morgan fingerprint density at radius 3 is 2.83 bits per heavy atom. The van der Waals surface area contributed by atoms with Gasteiger partial charge in [0.2, 0.25) is 5.91 Å². The van der Waals surface area contributed by atoms with Crippen LogP contribution in [0.2, 0.25) is 0 Å². The highest BCUT2D eigenvalue weighted by Gasteiger charge is 2.41. The summed E-state index contributed by atoms with van der Waals surface area (Å²) in [5.41, 5.74) is -0.0782. The van der Waals surface area contributed by atoms with E-state index in [1.54, 1.807) is 6.92 Å². The summed E-state index contributed by atoms with van der Waals surface area (Å²) in [7, 11) is 1.91. The molecule has 1 spiro atoms. The molecule has 0 N–H and O–H groups in total. The Morgan fingerprint density at radius 2 is 2.17 bits per heavy atom. The van der Waals surface area contributed by atoms with Crippen LogP contribution in [0.5, 0.6) is 0 Å². The van der Waals surface area contributed by atoms with E-state index in [-0.39, 0.29) is 11.5 Å². The molecule has 6 heteroatoms. The Hall–Kier alpha value is -1.69. The fraction of sp³-hybridized carbons (Fsp3) is 0.706. The number of piperidine rings is 1. The molecule has 3 heterocycles. The highest BCUT2D eigenvalue weighted by molar-refractivity contribution is 5.73. The molecule has 3 rings (SSSR count). The third kappa shape index (κ3) is 3.47. The van der Waals surface area contributed by atoms with Crippen LogP contribution in [0.3, 0.4) is 0 Å².